The Hall–Kier alpha value is -2.23. The number of aliphatic carboxylic acids is 1. The van der Waals surface area contributed by atoms with E-state index in [9.17, 15) is 23.6 Å². The van der Waals surface area contributed by atoms with Crippen LogP contribution in [0.2, 0.25) is 0 Å². The van der Waals surface area contributed by atoms with E-state index in [1.54, 1.807) is 0 Å². The third-order valence-electron chi connectivity index (χ3n) is 2.68. The van der Waals surface area contributed by atoms with E-state index in [0.717, 1.165) is 0 Å². The van der Waals surface area contributed by atoms with Crippen molar-refractivity contribution in [3.05, 3.63) is 0 Å². The molecule has 0 aromatic rings. The summed E-state index contributed by atoms with van der Waals surface area (Å²) in [4.78, 5) is 45.3. The Morgan fingerprint density at radius 3 is 1.86 bits per heavy atom. The molecule has 0 aliphatic carbocycles. The highest BCUT2D eigenvalue weighted by Gasteiger charge is 2.26. The van der Waals surface area contributed by atoms with Gasteiger partial charge in [-0.25, -0.2) is 4.39 Å². The molecule has 10 heteroatoms. The van der Waals surface area contributed by atoms with Crippen LogP contribution >= 0.6 is 0 Å². The second-order valence-corrected chi connectivity index (χ2v) is 4.80. The number of hydrogen-bond acceptors (Lipinski definition) is 5. The van der Waals surface area contributed by atoms with Gasteiger partial charge in [0.2, 0.25) is 17.7 Å². The van der Waals surface area contributed by atoms with Gasteiger partial charge in [0.05, 0.1) is 6.04 Å². The summed E-state index contributed by atoms with van der Waals surface area (Å²) in [5.41, 5.74) is 5.29. The van der Waals surface area contributed by atoms with Crippen molar-refractivity contribution in [1.82, 2.24) is 16.0 Å². The number of alkyl halides is 1. The molecule has 0 bridgehead atoms. The van der Waals surface area contributed by atoms with Crippen LogP contribution in [0.4, 0.5) is 4.39 Å². The maximum Gasteiger partial charge on any atom is 0.325 e. The van der Waals surface area contributed by atoms with Gasteiger partial charge in [-0.2, -0.15) is 0 Å². The first-order valence-corrected chi connectivity index (χ1v) is 6.55. The molecule has 0 saturated carbocycles. The average Bonchev–Trinajstić information content (AvgIpc) is 2.43. The molecule has 0 aromatic carbocycles. The topological polar surface area (TPSA) is 151 Å². The van der Waals surface area contributed by atoms with Crippen molar-refractivity contribution in [2.24, 2.45) is 5.73 Å². The van der Waals surface area contributed by atoms with E-state index in [4.69, 9.17) is 10.8 Å². The summed E-state index contributed by atoms with van der Waals surface area (Å²) in [7, 11) is 0. The van der Waals surface area contributed by atoms with Crippen LogP contribution in [0.5, 0.6) is 0 Å². The lowest BCUT2D eigenvalue weighted by Crippen LogP contribution is -2.56. The number of halogens is 1. The van der Waals surface area contributed by atoms with Crippen LogP contribution in [0, 0.1) is 0 Å². The van der Waals surface area contributed by atoms with Crippen molar-refractivity contribution in [3.8, 4) is 0 Å². The number of rotatable bonds is 8. The molecule has 0 radical (unpaired) electrons. The van der Waals surface area contributed by atoms with E-state index in [1.165, 1.54) is 20.8 Å². The number of carboxylic acids is 1. The van der Waals surface area contributed by atoms with Gasteiger partial charge in [0.25, 0.3) is 0 Å². The van der Waals surface area contributed by atoms with E-state index in [0.29, 0.717) is 0 Å². The third kappa shape index (κ3) is 6.48. The molecular formula is C12H21FN4O5. The third-order valence-corrected chi connectivity index (χ3v) is 2.68. The smallest absolute Gasteiger partial charge is 0.325 e. The molecule has 0 saturated heterocycles. The van der Waals surface area contributed by atoms with Crippen molar-refractivity contribution in [1.29, 1.82) is 0 Å². The van der Waals surface area contributed by atoms with Gasteiger partial charge in [-0.1, -0.05) is 0 Å². The number of carbonyl (C=O) groups is 4. The normalized spacial score (nSPS) is 15.9. The number of carboxylic acid groups (broad SMARTS) is 1. The first kappa shape index (κ1) is 19.8. The highest BCUT2D eigenvalue weighted by molar-refractivity contribution is 5.93. The number of nitrogens with two attached hydrogens (primary N) is 1. The number of carbonyl (C=O) groups excluding carboxylic acids is 3. The number of amides is 3. The lowest BCUT2D eigenvalue weighted by Gasteiger charge is -2.20. The van der Waals surface area contributed by atoms with Crippen LogP contribution < -0.4 is 21.7 Å². The summed E-state index contributed by atoms with van der Waals surface area (Å²) in [6.45, 7) is 2.74. The second kappa shape index (κ2) is 8.93. The minimum absolute atomic E-state index is 0.714. The Balaban J connectivity index is 4.57. The van der Waals surface area contributed by atoms with E-state index in [1.807, 2.05) is 0 Å². The summed E-state index contributed by atoms with van der Waals surface area (Å²) >= 11 is 0. The Morgan fingerprint density at radius 2 is 1.45 bits per heavy atom. The fourth-order valence-electron chi connectivity index (χ4n) is 1.26. The van der Waals surface area contributed by atoms with Gasteiger partial charge >= 0.3 is 5.97 Å². The zero-order valence-corrected chi connectivity index (χ0v) is 12.6. The van der Waals surface area contributed by atoms with Crippen LogP contribution in [-0.4, -0.2) is 59.6 Å². The number of nitrogens with one attached hydrogen (secondary N) is 3. The van der Waals surface area contributed by atoms with Crippen molar-refractivity contribution < 1.29 is 28.7 Å². The molecule has 4 unspecified atom stereocenters. The van der Waals surface area contributed by atoms with E-state index < -0.39 is 54.5 Å². The standard InChI is InChI=1S/C12H21FN4O5/c1-5(14)9(18)17-8(4-13)11(20)15-6(2)10(19)16-7(3)12(21)22/h5-8H,4,14H2,1-3H3,(H,15,20)(H,16,19)(H,17,18)(H,21,22). The van der Waals surface area contributed by atoms with Gasteiger partial charge < -0.3 is 26.8 Å². The van der Waals surface area contributed by atoms with Crippen LogP contribution in [-0.2, 0) is 19.2 Å². The molecule has 4 atom stereocenters. The first-order chi connectivity index (χ1) is 10.1. The highest BCUT2D eigenvalue weighted by atomic mass is 19.1. The highest BCUT2D eigenvalue weighted by Crippen LogP contribution is 1.92. The summed E-state index contributed by atoms with van der Waals surface area (Å²) in [5.74, 6) is -3.62. The zero-order valence-electron chi connectivity index (χ0n) is 12.6. The lowest BCUT2D eigenvalue weighted by atomic mass is 10.2. The molecular weight excluding hydrogens is 299 g/mol. The molecule has 0 aliphatic rings. The molecule has 0 fully saturated rings. The monoisotopic (exact) mass is 320 g/mol. The molecule has 0 spiro atoms. The Kier molecular flexibility index (Phi) is 8.02. The molecule has 0 rings (SSSR count). The van der Waals surface area contributed by atoms with Crippen LogP contribution in [0.25, 0.3) is 0 Å². The van der Waals surface area contributed by atoms with Gasteiger partial charge in [-0.15, -0.1) is 0 Å². The predicted molar refractivity (Wildman–Crippen MR) is 74.4 cm³/mol. The average molecular weight is 320 g/mol. The van der Waals surface area contributed by atoms with Gasteiger partial charge in [-0.3, -0.25) is 19.2 Å². The molecule has 0 aliphatic heterocycles. The summed E-state index contributed by atoms with van der Waals surface area (Å²) < 4.78 is 12.8. The first-order valence-electron chi connectivity index (χ1n) is 6.55. The molecule has 0 aromatic heterocycles. The Bertz CT molecular complexity index is 443. The van der Waals surface area contributed by atoms with Gasteiger partial charge in [0.15, 0.2) is 0 Å². The van der Waals surface area contributed by atoms with Crippen molar-refractivity contribution >= 4 is 23.7 Å². The van der Waals surface area contributed by atoms with Gasteiger partial charge in [0, 0.05) is 0 Å². The molecule has 126 valence electrons. The minimum Gasteiger partial charge on any atom is -0.480 e. The maximum absolute atomic E-state index is 12.8. The van der Waals surface area contributed by atoms with Gasteiger partial charge in [-0.05, 0) is 20.8 Å². The van der Waals surface area contributed by atoms with E-state index in [2.05, 4.69) is 16.0 Å². The van der Waals surface area contributed by atoms with Crippen molar-refractivity contribution in [3.63, 3.8) is 0 Å². The van der Waals surface area contributed by atoms with E-state index in [-0.39, 0.29) is 0 Å². The second-order valence-electron chi connectivity index (χ2n) is 4.80. The van der Waals surface area contributed by atoms with Crippen LogP contribution in [0.1, 0.15) is 20.8 Å². The predicted octanol–water partition coefficient (Wildman–Crippen LogP) is -2.12. The quantitative estimate of drug-likeness (QED) is 0.345. The number of hydrogen-bond donors (Lipinski definition) is 5. The molecule has 6 N–H and O–H groups in total. The molecule has 3 amide bonds. The van der Waals surface area contributed by atoms with Crippen molar-refractivity contribution in [2.45, 2.75) is 44.9 Å². The van der Waals surface area contributed by atoms with E-state index >= 15 is 0 Å². The fourth-order valence-corrected chi connectivity index (χ4v) is 1.26. The largest absolute Gasteiger partial charge is 0.480 e. The summed E-state index contributed by atoms with van der Waals surface area (Å²) in [6.07, 6.45) is 0. The summed E-state index contributed by atoms with van der Waals surface area (Å²) in [6, 6.07) is -4.64. The maximum atomic E-state index is 12.8. The molecule has 0 heterocycles. The van der Waals surface area contributed by atoms with Crippen molar-refractivity contribution in [2.75, 3.05) is 6.67 Å². The zero-order chi connectivity index (χ0) is 17.4. The minimum atomic E-state index is -1.48. The lowest BCUT2D eigenvalue weighted by molar-refractivity contribution is -0.141. The fraction of sp³-hybridized carbons (Fsp3) is 0.667. The summed E-state index contributed by atoms with van der Waals surface area (Å²) in [5, 5.41) is 15.1. The van der Waals surface area contributed by atoms with Crippen LogP contribution in [0.3, 0.4) is 0 Å². The Morgan fingerprint density at radius 1 is 0.955 bits per heavy atom. The van der Waals surface area contributed by atoms with Crippen LogP contribution in [0.15, 0.2) is 0 Å². The Labute approximate surface area is 126 Å². The molecule has 22 heavy (non-hydrogen) atoms. The SMILES string of the molecule is CC(N)C(=O)NC(CF)C(=O)NC(C)C(=O)NC(C)C(=O)O. The molecule has 9 nitrogen and oxygen atoms in total. The van der Waals surface area contributed by atoms with Gasteiger partial charge in [0.1, 0.15) is 24.8 Å².